The fourth-order valence-electron chi connectivity index (χ4n) is 4.91. The summed E-state index contributed by atoms with van der Waals surface area (Å²) < 4.78 is 30.8. The van der Waals surface area contributed by atoms with Crippen molar-refractivity contribution in [3.05, 3.63) is 70.4 Å². The van der Waals surface area contributed by atoms with Crippen LogP contribution in [0, 0.1) is 18.0 Å². The van der Waals surface area contributed by atoms with Crippen molar-refractivity contribution in [3.63, 3.8) is 0 Å². The lowest BCUT2D eigenvalue weighted by Crippen LogP contribution is -2.51. The summed E-state index contributed by atoms with van der Waals surface area (Å²) >= 11 is 6.30. The molecule has 2 atom stereocenters. The van der Waals surface area contributed by atoms with E-state index in [1.54, 1.807) is 31.2 Å². The molecular weight excluding hydrogens is 516 g/mol. The van der Waals surface area contributed by atoms with E-state index in [4.69, 9.17) is 11.6 Å². The summed E-state index contributed by atoms with van der Waals surface area (Å²) in [5, 5.41) is 22.0. The molecule has 0 aliphatic heterocycles. The molecular formula is C27H30ClF2N5O3. The van der Waals surface area contributed by atoms with Gasteiger partial charge in [0.25, 0.3) is 5.91 Å². The summed E-state index contributed by atoms with van der Waals surface area (Å²) in [5.74, 6) is -4.79. The van der Waals surface area contributed by atoms with Gasteiger partial charge in [0.2, 0.25) is 11.8 Å². The monoisotopic (exact) mass is 545 g/mol. The zero-order valence-corrected chi connectivity index (χ0v) is 22.1. The van der Waals surface area contributed by atoms with Gasteiger partial charge in [0, 0.05) is 43.8 Å². The second-order valence-corrected chi connectivity index (χ2v) is 10.3. The maximum absolute atomic E-state index is 14.3. The summed E-state index contributed by atoms with van der Waals surface area (Å²) in [6, 6.07) is 8.43. The third kappa shape index (κ3) is 5.96. The largest absolute Gasteiger partial charge is 0.618 e. The molecule has 0 spiro atoms. The number of nitrogens with zero attached hydrogens (tertiary/aromatic N) is 3. The average molecular weight is 546 g/mol. The Bertz CT molecular complexity index is 1330. The van der Waals surface area contributed by atoms with Gasteiger partial charge in [-0.15, -0.1) is 0 Å². The van der Waals surface area contributed by atoms with Crippen LogP contribution in [0.2, 0.25) is 5.02 Å². The molecule has 0 saturated heterocycles. The molecule has 3 aromatic rings. The van der Waals surface area contributed by atoms with Gasteiger partial charge in [-0.25, -0.2) is 8.78 Å². The van der Waals surface area contributed by atoms with Crippen molar-refractivity contribution in [2.24, 2.45) is 5.92 Å². The zero-order chi connectivity index (χ0) is 27.6. The third-order valence-corrected chi connectivity index (χ3v) is 7.15. The van der Waals surface area contributed by atoms with Gasteiger partial charge in [-0.2, -0.15) is 9.83 Å². The Kier molecular flexibility index (Phi) is 8.01. The van der Waals surface area contributed by atoms with Gasteiger partial charge < -0.3 is 15.8 Å². The van der Waals surface area contributed by atoms with E-state index >= 15 is 0 Å². The molecule has 38 heavy (non-hydrogen) atoms. The molecule has 2 heterocycles. The van der Waals surface area contributed by atoms with Crippen LogP contribution in [0.1, 0.15) is 61.8 Å². The number of carbonyl (C=O) groups excluding carboxylic acids is 2. The lowest BCUT2D eigenvalue weighted by Gasteiger charge is -2.34. The molecule has 1 saturated carbocycles. The van der Waals surface area contributed by atoms with Crippen molar-refractivity contribution in [1.29, 1.82) is 0 Å². The van der Waals surface area contributed by atoms with Gasteiger partial charge >= 0.3 is 0 Å². The van der Waals surface area contributed by atoms with Crippen LogP contribution in [-0.4, -0.2) is 33.6 Å². The van der Waals surface area contributed by atoms with Gasteiger partial charge in [-0.3, -0.25) is 14.3 Å². The molecule has 8 nitrogen and oxygen atoms in total. The first-order valence-corrected chi connectivity index (χ1v) is 12.9. The Morgan fingerprint density at radius 1 is 1.21 bits per heavy atom. The van der Waals surface area contributed by atoms with Crippen LogP contribution in [0.15, 0.2) is 48.8 Å². The highest BCUT2D eigenvalue weighted by molar-refractivity contribution is 6.33. The number of aromatic nitrogens is 3. The van der Waals surface area contributed by atoms with Crippen LogP contribution in [0.4, 0.5) is 14.5 Å². The average Bonchev–Trinajstić information content (AvgIpc) is 3.36. The van der Waals surface area contributed by atoms with Crippen molar-refractivity contribution in [1.82, 2.24) is 15.1 Å². The van der Waals surface area contributed by atoms with Gasteiger partial charge in [0.05, 0.1) is 10.6 Å². The molecule has 202 valence electrons. The van der Waals surface area contributed by atoms with E-state index in [-0.39, 0.29) is 24.6 Å². The summed E-state index contributed by atoms with van der Waals surface area (Å²) in [7, 11) is 0. The summed E-state index contributed by atoms with van der Waals surface area (Å²) in [6.45, 7) is 5.38. The normalized spacial score (nSPS) is 17.7. The second kappa shape index (κ2) is 11.1. The maximum Gasteiger partial charge on any atom is 0.270 e. The smallest absolute Gasteiger partial charge is 0.270 e. The summed E-state index contributed by atoms with van der Waals surface area (Å²) in [6.07, 6.45) is 2.72. The molecule has 11 heteroatoms. The first-order valence-electron chi connectivity index (χ1n) is 12.5. The van der Waals surface area contributed by atoms with E-state index in [0.29, 0.717) is 34.0 Å². The van der Waals surface area contributed by atoms with Crippen molar-refractivity contribution in [3.8, 4) is 11.1 Å². The highest BCUT2D eigenvalue weighted by atomic mass is 35.5. The van der Waals surface area contributed by atoms with Crippen molar-refractivity contribution in [2.45, 2.75) is 64.5 Å². The molecule has 2 aromatic heterocycles. The number of hydrogen-bond acceptors (Lipinski definition) is 4. The molecule has 1 fully saturated rings. The predicted molar refractivity (Wildman–Crippen MR) is 140 cm³/mol. The Morgan fingerprint density at radius 3 is 2.58 bits per heavy atom. The minimum absolute atomic E-state index is 0.103. The van der Waals surface area contributed by atoms with Crippen molar-refractivity contribution < 1.29 is 23.1 Å². The number of nitrogens with one attached hydrogen (secondary N) is 2. The third-order valence-electron chi connectivity index (χ3n) is 6.84. The fourth-order valence-corrected chi connectivity index (χ4v) is 5.21. The quantitative estimate of drug-likeness (QED) is 0.311. The summed E-state index contributed by atoms with van der Waals surface area (Å²) in [5.41, 5.74) is 2.33. The predicted octanol–water partition coefficient (Wildman–Crippen LogP) is 5.29. The number of anilines is 1. The molecule has 0 radical (unpaired) electrons. The molecule has 2 unspecified atom stereocenters. The van der Waals surface area contributed by atoms with Crippen LogP contribution < -0.4 is 15.4 Å². The van der Waals surface area contributed by atoms with Gasteiger partial charge in [0.1, 0.15) is 11.7 Å². The van der Waals surface area contributed by atoms with Gasteiger partial charge in [-0.05, 0) is 56.4 Å². The standard InChI is InChI=1S/C27H30ClF2N5O3/c1-16(2)35-22(10-13-31-35)25(36)33-24(19-5-4-12-27(29,30)15-19)26(37)32-20-8-6-18(7-9-20)23-17(3)34(38)14-11-21(23)28/h6-11,13-14,16,19,24H,4-5,12,15H2,1-3H3,(H,32,37)(H,33,36). The van der Waals surface area contributed by atoms with E-state index in [2.05, 4.69) is 15.7 Å². The van der Waals surface area contributed by atoms with Gasteiger partial charge in [-0.1, -0.05) is 23.7 Å². The number of hydrogen-bond donors (Lipinski definition) is 2. The molecule has 1 aliphatic rings. The SMILES string of the molecule is Cc1c(-c2ccc(NC(=O)C(NC(=O)c3ccnn3C(C)C)C3CCCC(F)(F)C3)cc2)c(Cl)cc[n+]1[O-]. The van der Waals surface area contributed by atoms with E-state index < -0.39 is 36.1 Å². The first kappa shape index (κ1) is 27.5. The topological polar surface area (TPSA) is 103 Å². The number of pyridine rings is 1. The highest BCUT2D eigenvalue weighted by Crippen LogP contribution is 2.38. The molecule has 4 rings (SSSR count). The van der Waals surface area contributed by atoms with E-state index in [1.807, 2.05) is 13.8 Å². The minimum atomic E-state index is -2.90. The Labute approximate surface area is 224 Å². The molecule has 1 aliphatic carbocycles. The van der Waals surface area contributed by atoms with Gasteiger partial charge in [0.15, 0.2) is 11.9 Å². The molecule has 0 bridgehead atoms. The van der Waals surface area contributed by atoms with Crippen molar-refractivity contribution in [2.75, 3.05) is 5.32 Å². The Balaban J connectivity index is 1.57. The number of amides is 2. The minimum Gasteiger partial charge on any atom is -0.618 e. The lowest BCUT2D eigenvalue weighted by molar-refractivity contribution is -0.611. The van der Waals surface area contributed by atoms with Crippen LogP contribution in [0.25, 0.3) is 11.1 Å². The highest BCUT2D eigenvalue weighted by Gasteiger charge is 2.42. The van der Waals surface area contributed by atoms with E-state index in [1.165, 1.54) is 29.2 Å². The maximum atomic E-state index is 14.3. The van der Waals surface area contributed by atoms with Crippen molar-refractivity contribution >= 4 is 29.1 Å². The van der Waals surface area contributed by atoms with Crippen LogP contribution >= 0.6 is 11.6 Å². The molecule has 2 amide bonds. The molecule has 1 aromatic carbocycles. The summed E-state index contributed by atoms with van der Waals surface area (Å²) in [4.78, 5) is 26.5. The molecule has 2 N–H and O–H groups in total. The number of halogens is 3. The number of carbonyl (C=O) groups is 2. The lowest BCUT2D eigenvalue weighted by atomic mass is 9.81. The second-order valence-electron chi connectivity index (χ2n) is 9.93. The van der Waals surface area contributed by atoms with E-state index in [9.17, 15) is 23.6 Å². The van der Waals surface area contributed by atoms with E-state index in [0.717, 1.165) is 4.73 Å². The Morgan fingerprint density at radius 2 is 1.92 bits per heavy atom. The van der Waals surface area contributed by atoms with Crippen LogP contribution in [0.5, 0.6) is 0 Å². The van der Waals surface area contributed by atoms with Crippen LogP contribution in [0.3, 0.4) is 0 Å². The number of rotatable bonds is 7. The first-order chi connectivity index (χ1) is 18.0. The number of benzene rings is 1. The van der Waals surface area contributed by atoms with Crippen LogP contribution in [-0.2, 0) is 4.79 Å². The number of alkyl halides is 2. The Hall–Kier alpha value is -3.53. The zero-order valence-electron chi connectivity index (χ0n) is 21.4. The fraction of sp³-hybridized carbons (Fsp3) is 0.407.